The molecule has 3 aromatic heterocycles. The topological polar surface area (TPSA) is 115 Å². The molecule has 0 aliphatic carbocycles. The van der Waals surface area contributed by atoms with Crippen LogP contribution >= 0.6 is 0 Å². The Morgan fingerprint density at radius 1 is 1.32 bits per heavy atom. The maximum Gasteiger partial charge on any atom is 0.272 e. The molecule has 28 heavy (non-hydrogen) atoms. The van der Waals surface area contributed by atoms with Gasteiger partial charge in [0.1, 0.15) is 17.6 Å². The summed E-state index contributed by atoms with van der Waals surface area (Å²) in [6.45, 7) is 6.24. The van der Waals surface area contributed by atoms with Gasteiger partial charge in [0, 0.05) is 6.42 Å². The van der Waals surface area contributed by atoms with Gasteiger partial charge in [-0.2, -0.15) is 10.1 Å². The first kappa shape index (κ1) is 17.9. The zero-order valence-electron chi connectivity index (χ0n) is 15.9. The van der Waals surface area contributed by atoms with Gasteiger partial charge in [0.05, 0.1) is 23.3 Å². The number of fused-ring (bicyclic) bond motifs is 1. The van der Waals surface area contributed by atoms with E-state index < -0.39 is 6.04 Å². The van der Waals surface area contributed by atoms with Gasteiger partial charge >= 0.3 is 0 Å². The highest BCUT2D eigenvalue weighted by Crippen LogP contribution is 2.17. The maximum atomic E-state index is 12.5. The maximum absolute atomic E-state index is 12.5. The van der Waals surface area contributed by atoms with E-state index in [1.165, 1.54) is 0 Å². The van der Waals surface area contributed by atoms with Gasteiger partial charge in [0.15, 0.2) is 5.82 Å². The summed E-state index contributed by atoms with van der Waals surface area (Å²) in [6, 6.07) is 9.28. The van der Waals surface area contributed by atoms with Gasteiger partial charge in [-0.1, -0.05) is 24.2 Å². The third kappa shape index (κ3) is 3.38. The number of aryl methyl sites for hydroxylation is 2. The predicted octanol–water partition coefficient (Wildman–Crippen LogP) is 2.55. The third-order valence-electron chi connectivity index (χ3n) is 4.56. The second-order valence-corrected chi connectivity index (χ2v) is 6.61. The van der Waals surface area contributed by atoms with Crippen LogP contribution in [-0.2, 0) is 13.0 Å². The molecular weight excluding hydrogens is 358 g/mol. The Morgan fingerprint density at radius 2 is 2.14 bits per heavy atom. The molecule has 9 heteroatoms. The van der Waals surface area contributed by atoms with Crippen molar-refractivity contribution in [3.63, 3.8) is 0 Å². The number of para-hydroxylation sites is 2. The Hall–Kier alpha value is -3.49. The fourth-order valence-electron chi connectivity index (χ4n) is 3.04. The van der Waals surface area contributed by atoms with Gasteiger partial charge in [-0.3, -0.25) is 9.89 Å². The van der Waals surface area contributed by atoms with E-state index in [-0.39, 0.29) is 5.91 Å². The van der Waals surface area contributed by atoms with Crippen LogP contribution in [-0.4, -0.2) is 35.8 Å². The van der Waals surface area contributed by atoms with Gasteiger partial charge < -0.3 is 14.4 Å². The van der Waals surface area contributed by atoms with Crippen molar-refractivity contribution in [1.82, 2.24) is 35.2 Å². The summed E-state index contributed by atoms with van der Waals surface area (Å²) in [4.78, 5) is 21.3. The Morgan fingerprint density at radius 3 is 2.93 bits per heavy atom. The van der Waals surface area contributed by atoms with Crippen molar-refractivity contribution in [2.24, 2.45) is 0 Å². The predicted molar refractivity (Wildman–Crippen MR) is 102 cm³/mol. The van der Waals surface area contributed by atoms with Crippen LogP contribution in [0.4, 0.5) is 0 Å². The molecule has 0 bridgehead atoms. The van der Waals surface area contributed by atoms with Crippen LogP contribution in [0.25, 0.3) is 11.0 Å². The molecule has 144 valence electrons. The van der Waals surface area contributed by atoms with Gasteiger partial charge in [0.25, 0.3) is 5.91 Å². The molecule has 0 aliphatic heterocycles. The van der Waals surface area contributed by atoms with Crippen LogP contribution in [0.2, 0.25) is 0 Å². The number of H-pyrrole nitrogens is 1. The van der Waals surface area contributed by atoms with Gasteiger partial charge in [0.2, 0.25) is 5.89 Å². The van der Waals surface area contributed by atoms with Crippen LogP contribution < -0.4 is 5.32 Å². The molecule has 0 unspecified atom stereocenters. The number of carbonyl (C=O) groups excluding carboxylic acids is 1. The number of rotatable bonds is 6. The first-order valence-electron chi connectivity index (χ1n) is 9.14. The molecule has 0 aliphatic rings. The number of aromatic nitrogens is 6. The van der Waals surface area contributed by atoms with Gasteiger partial charge in [-0.15, -0.1) is 0 Å². The number of nitrogens with zero attached hydrogens (tertiary/aromatic N) is 5. The molecule has 0 radical (unpaired) electrons. The number of carbonyl (C=O) groups is 1. The second-order valence-electron chi connectivity index (χ2n) is 6.61. The highest BCUT2D eigenvalue weighted by Gasteiger charge is 2.19. The number of nitrogens with one attached hydrogen (secondary N) is 2. The molecule has 0 fully saturated rings. The van der Waals surface area contributed by atoms with Crippen molar-refractivity contribution < 1.29 is 9.32 Å². The lowest BCUT2D eigenvalue weighted by atomic mass is 10.2. The number of imidazole rings is 1. The van der Waals surface area contributed by atoms with Gasteiger partial charge in [-0.25, -0.2) is 4.98 Å². The minimum Gasteiger partial charge on any atom is -0.339 e. The van der Waals surface area contributed by atoms with E-state index in [1.807, 2.05) is 38.1 Å². The summed E-state index contributed by atoms with van der Waals surface area (Å²) >= 11 is 0. The zero-order valence-corrected chi connectivity index (χ0v) is 15.9. The number of hydrogen-bond acceptors (Lipinski definition) is 6. The average molecular weight is 379 g/mol. The Balaban J connectivity index is 1.47. The first-order valence-corrected chi connectivity index (χ1v) is 9.14. The summed E-state index contributed by atoms with van der Waals surface area (Å²) in [6.07, 6.45) is 0.676. The number of benzene rings is 1. The Labute approximate surface area is 161 Å². The lowest BCUT2D eigenvalue weighted by Gasteiger charge is -2.07. The van der Waals surface area contributed by atoms with Crippen LogP contribution in [0.3, 0.4) is 0 Å². The lowest BCUT2D eigenvalue weighted by Crippen LogP contribution is -2.27. The van der Waals surface area contributed by atoms with E-state index in [0.29, 0.717) is 30.4 Å². The Bertz CT molecular complexity index is 1120. The van der Waals surface area contributed by atoms with E-state index in [0.717, 1.165) is 22.6 Å². The van der Waals surface area contributed by atoms with Crippen LogP contribution in [0.1, 0.15) is 53.6 Å². The van der Waals surface area contributed by atoms with Crippen LogP contribution in [0.15, 0.2) is 34.9 Å². The zero-order chi connectivity index (χ0) is 19.7. The summed E-state index contributed by atoms with van der Waals surface area (Å²) in [5.41, 5.74) is 3.10. The standard InChI is InChI=1S/C19H21N7O2/c1-4-17-22-19(28-25-17)11(2)20-18(27)15-9-13(23-24-15)10-26-12(3)21-14-7-5-6-8-16(14)26/h5-9,11H,4,10H2,1-3H3,(H,20,27)(H,23,24)/t11-/m0/s1. The summed E-state index contributed by atoms with van der Waals surface area (Å²) in [5, 5.41) is 13.7. The molecule has 1 aromatic carbocycles. The average Bonchev–Trinajstić information content (AvgIpc) is 3.41. The lowest BCUT2D eigenvalue weighted by molar-refractivity contribution is 0.0927. The third-order valence-corrected chi connectivity index (χ3v) is 4.56. The van der Waals surface area contributed by atoms with E-state index in [1.54, 1.807) is 13.0 Å². The molecule has 3 heterocycles. The minimum absolute atomic E-state index is 0.305. The molecule has 0 saturated carbocycles. The fourth-order valence-corrected chi connectivity index (χ4v) is 3.04. The monoisotopic (exact) mass is 379 g/mol. The number of aromatic amines is 1. The normalized spacial score (nSPS) is 12.4. The summed E-state index contributed by atoms with van der Waals surface area (Å²) in [5.74, 6) is 1.58. The SMILES string of the molecule is CCc1noc([C@H](C)NC(=O)c2cc(Cn3c(C)nc4ccccc43)[nH]n2)n1. The molecule has 0 spiro atoms. The largest absolute Gasteiger partial charge is 0.339 e. The van der Waals surface area contributed by atoms with Gasteiger partial charge in [-0.05, 0) is 32.0 Å². The number of hydrogen-bond donors (Lipinski definition) is 2. The molecule has 1 amide bonds. The Kier molecular flexibility index (Phi) is 4.64. The molecule has 9 nitrogen and oxygen atoms in total. The number of amides is 1. The van der Waals surface area contributed by atoms with E-state index in [2.05, 4.69) is 35.2 Å². The quantitative estimate of drug-likeness (QED) is 0.532. The molecule has 0 saturated heterocycles. The van der Waals surface area contributed by atoms with Crippen molar-refractivity contribution in [2.75, 3.05) is 0 Å². The minimum atomic E-state index is -0.403. The molecule has 4 aromatic rings. The van der Waals surface area contributed by atoms with Crippen LogP contribution in [0, 0.1) is 6.92 Å². The second kappa shape index (κ2) is 7.26. The van der Waals surface area contributed by atoms with Crippen molar-refractivity contribution in [1.29, 1.82) is 0 Å². The summed E-state index contributed by atoms with van der Waals surface area (Å²) in [7, 11) is 0. The molecule has 4 rings (SSSR count). The fraction of sp³-hybridized carbons (Fsp3) is 0.316. The highest BCUT2D eigenvalue weighted by atomic mass is 16.5. The van der Waals surface area contributed by atoms with E-state index in [9.17, 15) is 4.79 Å². The summed E-state index contributed by atoms with van der Waals surface area (Å²) < 4.78 is 7.25. The van der Waals surface area contributed by atoms with Crippen molar-refractivity contribution in [2.45, 2.75) is 39.8 Å². The molecule has 1 atom stereocenters. The molecule has 2 N–H and O–H groups in total. The van der Waals surface area contributed by atoms with E-state index >= 15 is 0 Å². The first-order chi connectivity index (χ1) is 13.5. The van der Waals surface area contributed by atoms with Crippen molar-refractivity contribution in [3.05, 3.63) is 59.3 Å². The highest BCUT2D eigenvalue weighted by molar-refractivity contribution is 5.92. The smallest absolute Gasteiger partial charge is 0.272 e. The van der Waals surface area contributed by atoms with Crippen molar-refractivity contribution >= 4 is 16.9 Å². The van der Waals surface area contributed by atoms with Crippen molar-refractivity contribution in [3.8, 4) is 0 Å². The molecular formula is C19H21N7O2. The van der Waals surface area contributed by atoms with Crippen LogP contribution in [0.5, 0.6) is 0 Å². The van der Waals surface area contributed by atoms with E-state index in [4.69, 9.17) is 4.52 Å².